The number of ether oxygens (including phenoxy) is 1. The minimum atomic E-state index is -0.351. The molecule has 5 nitrogen and oxygen atoms in total. The van der Waals surface area contributed by atoms with E-state index in [2.05, 4.69) is 18.8 Å². The van der Waals surface area contributed by atoms with Gasteiger partial charge in [-0.15, -0.1) is 0 Å². The first-order valence-electron chi connectivity index (χ1n) is 6.46. The Bertz CT molecular complexity index is 421. The highest BCUT2D eigenvalue weighted by molar-refractivity contribution is 5.90. The highest BCUT2D eigenvalue weighted by Crippen LogP contribution is 2.13. The van der Waals surface area contributed by atoms with Crippen LogP contribution in [0, 0.1) is 5.92 Å². The molecule has 0 aliphatic heterocycles. The summed E-state index contributed by atoms with van der Waals surface area (Å²) < 4.78 is 4.70. The van der Waals surface area contributed by atoms with Crippen LogP contribution in [0.2, 0.25) is 0 Å². The number of aromatic nitrogens is 1. The van der Waals surface area contributed by atoms with Crippen molar-refractivity contribution in [3.8, 4) is 0 Å². The summed E-state index contributed by atoms with van der Waals surface area (Å²) in [5, 5.41) is 0. The number of nitrogens with zero attached hydrogens (tertiary/aromatic N) is 2. The molecule has 1 heterocycles. The third-order valence-electron chi connectivity index (χ3n) is 3.21. The molecule has 1 atom stereocenters. The molecule has 0 amide bonds. The molecule has 2 N–H and O–H groups in total. The van der Waals surface area contributed by atoms with Crippen LogP contribution in [0.5, 0.6) is 0 Å². The van der Waals surface area contributed by atoms with Crippen LogP contribution in [0.3, 0.4) is 0 Å². The van der Waals surface area contributed by atoms with Crippen molar-refractivity contribution in [2.75, 3.05) is 25.6 Å². The largest absolute Gasteiger partial charge is 0.465 e. The molecule has 0 fully saturated rings. The summed E-state index contributed by atoms with van der Waals surface area (Å²) in [6.07, 6.45) is 2.50. The van der Waals surface area contributed by atoms with Crippen LogP contribution in [0.1, 0.15) is 30.6 Å². The van der Waals surface area contributed by atoms with Crippen LogP contribution in [0.25, 0.3) is 0 Å². The lowest BCUT2D eigenvalue weighted by Gasteiger charge is -2.22. The molecule has 1 unspecified atom stereocenters. The van der Waals surface area contributed by atoms with Crippen LogP contribution in [-0.2, 0) is 4.74 Å². The maximum Gasteiger partial charge on any atom is 0.338 e. The number of rotatable bonds is 6. The van der Waals surface area contributed by atoms with Crippen LogP contribution in [-0.4, -0.2) is 37.7 Å². The van der Waals surface area contributed by atoms with Gasteiger partial charge in [0.2, 0.25) is 0 Å². The van der Waals surface area contributed by atoms with E-state index in [9.17, 15) is 4.79 Å². The summed E-state index contributed by atoms with van der Waals surface area (Å²) in [6.45, 7) is 5.03. The molecule has 0 aromatic carbocycles. The zero-order chi connectivity index (χ0) is 14.4. The number of esters is 1. The van der Waals surface area contributed by atoms with Crippen molar-refractivity contribution >= 4 is 11.8 Å². The number of pyridine rings is 1. The van der Waals surface area contributed by atoms with Crippen molar-refractivity contribution in [2.24, 2.45) is 11.7 Å². The lowest BCUT2D eigenvalue weighted by molar-refractivity contribution is 0.0600. The fraction of sp³-hybridized carbons (Fsp3) is 0.571. The predicted octanol–water partition coefficient (Wildman–Crippen LogP) is 1.68. The number of carbonyl (C=O) groups excluding carboxylic acids is 1. The van der Waals surface area contributed by atoms with E-state index in [1.54, 1.807) is 18.3 Å². The van der Waals surface area contributed by atoms with Gasteiger partial charge in [0.1, 0.15) is 5.82 Å². The van der Waals surface area contributed by atoms with Gasteiger partial charge in [-0.2, -0.15) is 0 Å². The van der Waals surface area contributed by atoms with Gasteiger partial charge < -0.3 is 15.4 Å². The fourth-order valence-corrected chi connectivity index (χ4v) is 1.66. The Morgan fingerprint density at radius 2 is 2.21 bits per heavy atom. The van der Waals surface area contributed by atoms with Crippen LogP contribution in [0.4, 0.5) is 5.82 Å². The van der Waals surface area contributed by atoms with Crippen molar-refractivity contribution < 1.29 is 9.53 Å². The monoisotopic (exact) mass is 265 g/mol. The maximum atomic E-state index is 11.5. The summed E-state index contributed by atoms with van der Waals surface area (Å²) in [7, 11) is 3.31. The van der Waals surface area contributed by atoms with Gasteiger partial charge in [-0.25, -0.2) is 9.78 Å². The molecule has 1 aromatic rings. The third kappa shape index (κ3) is 4.52. The number of anilines is 1. The molecule has 1 aromatic heterocycles. The SMILES string of the molecule is COC(=O)c1ccnc(N(C)CCC(N)C(C)C)c1. The zero-order valence-corrected chi connectivity index (χ0v) is 12.1. The molecule has 0 bridgehead atoms. The lowest BCUT2D eigenvalue weighted by Crippen LogP contribution is -2.32. The van der Waals surface area contributed by atoms with Gasteiger partial charge in [0.25, 0.3) is 0 Å². The van der Waals surface area contributed by atoms with Crippen LogP contribution >= 0.6 is 0 Å². The standard InChI is InChI=1S/C14H23N3O2/c1-10(2)12(15)6-8-17(3)13-9-11(5-7-16-13)14(18)19-4/h5,7,9-10,12H,6,8,15H2,1-4H3. The lowest BCUT2D eigenvalue weighted by atomic mass is 10.0. The Hall–Kier alpha value is -1.62. The topological polar surface area (TPSA) is 68.5 Å². The van der Waals surface area contributed by atoms with Gasteiger partial charge in [0, 0.05) is 25.8 Å². The molecular weight excluding hydrogens is 242 g/mol. The van der Waals surface area contributed by atoms with Crippen molar-refractivity contribution in [1.29, 1.82) is 0 Å². The Kier molecular flexibility index (Phi) is 5.76. The molecule has 5 heteroatoms. The Balaban J connectivity index is 2.66. The Morgan fingerprint density at radius 1 is 1.53 bits per heavy atom. The second kappa shape index (κ2) is 7.09. The highest BCUT2D eigenvalue weighted by atomic mass is 16.5. The molecule has 0 spiro atoms. The number of methoxy groups -OCH3 is 1. The molecule has 0 aliphatic carbocycles. The fourth-order valence-electron chi connectivity index (χ4n) is 1.66. The molecule has 0 radical (unpaired) electrons. The van der Waals surface area contributed by atoms with Gasteiger partial charge in [-0.3, -0.25) is 0 Å². The molecule has 19 heavy (non-hydrogen) atoms. The van der Waals surface area contributed by atoms with E-state index in [1.807, 2.05) is 11.9 Å². The molecular formula is C14H23N3O2. The van der Waals surface area contributed by atoms with Gasteiger partial charge in [0.15, 0.2) is 0 Å². The Morgan fingerprint density at radius 3 is 2.79 bits per heavy atom. The second-order valence-electron chi connectivity index (χ2n) is 5.01. The first-order chi connectivity index (χ1) is 8.95. The summed E-state index contributed by atoms with van der Waals surface area (Å²) in [5.41, 5.74) is 6.53. The van der Waals surface area contributed by atoms with Gasteiger partial charge in [0.05, 0.1) is 12.7 Å². The third-order valence-corrected chi connectivity index (χ3v) is 3.21. The van der Waals surface area contributed by atoms with E-state index in [0.717, 1.165) is 18.8 Å². The van der Waals surface area contributed by atoms with E-state index in [1.165, 1.54) is 7.11 Å². The normalized spacial score (nSPS) is 12.3. The van der Waals surface area contributed by atoms with Gasteiger partial charge in [-0.05, 0) is 24.5 Å². The van der Waals surface area contributed by atoms with Crippen LogP contribution in [0.15, 0.2) is 18.3 Å². The highest BCUT2D eigenvalue weighted by Gasteiger charge is 2.12. The van der Waals surface area contributed by atoms with Crippen molar-refractivity contribution in [2.45, 2.75) is 26.3 Å². The predicted molar refractivity (Wildman–Crippen MR) is 76.3 cm³/mol. The maximum absolute atomic E-state index is 11.5. The van der Waals surface area contributed by atoms with Crippen molar-refractivity contribution in [1.82, 2.24) is 4.98 Å². The quantitative estimate of drug-likeness (QED) is 0.792. The van der Waals surface area contributed by atoms with Gasteiger partial charge in [-0.1, -0.05) is 13.8 Å². The zero-order valence-electron chi connectivity index (χ0n) is 12.1. The number of hydrogen-bond acceptors (Lipinski definition) is 5. The van der Waals surface area contributed by atoms with E-state index in [4.69, 9.17) is 10.5 Å². The summed E-state index contributed by atoms with van der Waals surface area (Å²) in [4.78, 5) is 17.7. The van der Waals surface area contributed by atoms with Crippen molar-refractivity contribution in [3.63, 3.8) is 0 Å². The molecule has 0 aliphatic rings. The number of carbonyl (C=O) groups is 1. The van der Waals surface area contributed by atoms with Crippen LogP contribution < -0.4 is 10.6 Å². The smallest absolute Gasteiger partial charge is 0.338 e. The van der Waals surface area contributed by atoms with Gasteiger partial charge >= 0.3 is 5.97 Å². The molecule has 106 valence electrons. The van der Waals surface area contributed by atoms with E-state index in [0.29, 0.717) is 11.5 Å². The van der Waals surface area contributed by atoms with E-state index >= 15 is 0 Å². The number of nitrogens with two attached hydrogens (primary N) is 1. The number of hydrogen-bond donors (Lipinski definition) is 1. The average Bonchev–Trinajstić information content (AvgIpc) is 2.43. The van der Waals surface area contributed by atoms with Crippen molar-refractivity contribution in [3.05, 3.63) is 23.9 Å². The first kappa shape index (κ1) is 15.4. The van der Waals surface area contributed by atoms with E-state index < -0.39 is 0 Å². The molecule has 0 saturated carbocycles. The minimum Gasteiger partial charge on any atom is -0.465 e. The molecule has 1 rings (SSSR count). The first-order valence-corrected chi connectivity index (χ1v) is 6.46. The minimum absolute atomic E-state index is 0.172. The summed E-state index contributed by atoms with van der Waals surface area (Å²) in [6, 6.07) is 3.54. The Labute approximate surface area is 114 Å². The molecule has 0 saturated heterocycles. The average molecular weight is 265 g/mol. The van der Waals surface area contributed by atoms with E-state index in [-0.39, 0.29) is 12.0 Å². The summed E-state index contributed by atoms with van der Waals surface area (Å²) >= 11 is 0. The summed E-state index contributed by atoms with van der Waals surface area (Å²) in [5.74, 6) is 0.859. The second-order valence-corrected chi connectivity index (χ2v) is 5.01.